The lowest BCUT2D eigenvalue weighted by Gasteiger charge is -2.23. The maximum Gasteiger partial charge on any atom is 0.234 e. The molecule has 1 amide bonds. The molecule has 7 heteroatoms. The Bertz CT molecular complexity index is 1210. The van der Waals surface area contributed by atoms with Gasteiger partial charge in [-0.15, -0.1) is 11.8 Å². The second kappa shape index (κ2) is 8.88. The SMILES string of the molecule is COc1ccc(-c2nn(-c3ccccc3)cc2[C@@H]2SCC(=O)N2Cc2ccccn2)cc1. The summed E-state index contributed by atoms with van der Waals surface area (Å²) in [4.78, 5) is 19.1. The van der Waals surface area contributed by atoms with E-state index in [1.54, 1.807) is 25.1 Å². The molecule has 4 aromatic rings. The van der Waals surface area contributed by atoms with Crippen LogP contribution >= 0.6 is 11.8 Å². The Hall–Kier alpha value is -3.58. The summed E-state index contributed by atoms with van der Waals surface area (Å²) in [6.45, 7) is 0.468. The monoisotopic (exact) mass is 442 g/mol. The van der Waals surface area contributed by atoms with E-state index in [1.165, 1.54) is 0 Å². The molecule has 1 atom stereocenters. The van der Waals surface area contributed by atoms with Crippen LogP contribution in [-0.4, -0.2) is 38.4 Å². The molecular formula is C25H22N4O2S. The molecule has 6 nitrogen and oxygen atoms in total. The Balaban J connectivity index is 1.57. The summed E-state index contributed by atoms with van der Waals surface area (Å²) < 4.78 is 7.20. The van der Waals surface area contributed by atoms with E-state index in [-0.39, 0.29) is 11.3 Å². The van der Waals surface area contributed by atoms with Crippen LogP contribution in [0.25, 0.3) is 16.9 Å². The summed E-state index contributed by atoms with van der Waals surface area (Å²) in [5.74, 6) is 1.34. The van der Waals surface area contributed by atoms with Crippen molar-refractivity contribution in [3.63, 3.8) is 0 Å². The van der Waals surface area contributed by atoms with Crippen molar-refractivity contribution in [2.45, 2.75) is 11.9 Å². The van der Waals surface area contributed by atoms with Crippen LogP contribution in [0.1, 0.15) is 16.6 Å². The molecule has 0 saturated carbocycles. The smallest absolute Gasteiger partial charge is 0.234 e. The number of methoxy groups -OCH3 is 1. The Morgan fingerprint density at radius 3 is 2.53 bits per heavy atom. The zero-order valence-electron chi connectivity index (χ0n) is 17.6. The maximum absolute atomic E-state index is 12.8. The number of amides is 1. The highest BCUT2D eigenvalue weighted by Gasteiger charge is 2.36. The Morgan fingerprint density at radius 2 is 1.81 bits per heavy atom. The quantitative estimate of drug-likeness (QED) is 0.433. The summed E-state index contributed by atoms with van der Waals surface area (Å²) in [5.41, 5.74) is 4.68. The van der Waals surface area contributed by atoms with E-state index >= 15 is 0 Å². The van der Waals surface area contributed by atoms with E-state index < -0.39 is 0 Å². The molecule has 0 bridgehead atoms. The molecule has 0 radical (unpaired) electrons. The molecule has 32 heavy (non-hydrogen) atoms. The first-order valence-electron chi connectivity index (χ1n) is 10.3. The van der Waals surface area contributed by atoms with Gasteiger partial charge in [0.15, 0.2) is 0 Å². The number of benzene rings is 2. The first kappa shape index (κ1) is 20.3. The molecule has 2 aromatic carbocycles. The lowest BCUT2D eigenvalue weighted by atomic mass is 10.1. The van der Waals surface area contributed by atoms with Crippen LogP contribution in [0.3, 0.4) is 0 Å². The fourth-order valence-electron chi connectivity index (χ4n) is 3.80. The second-order valence-electron chi connectivity index (χ2n) is 7.45. The van der Waals surface area contributed by atoms with Gasteiger partial charge in [-0.05, 0) is 48.5 Å². The van der Waals surface area contributed by atoms with Crippen molar-refractivity contribution in [3.05, 3.63) is 96.4 Å². The molecule has 2 aromatic heterocycles. The lowest BCUT2D eigenvalue weighted by molar-refractivity contribution is -0.128. The Labute approximate surface area is 190 Å². The average molecular weight is 443 g/mol. The van der Waals surface area contributed by atoms with Gasteiger partial charge in [-0.2, -0.15) is 5.10 Å². The second-order valence-corrected chi connectivity index (χ2v) is 8.52. The number of thioether (sulfide) groups is 1. The van der Waals surface area contributed by atoms with Crippen molar-refractivity contribution >= 4 is 17.7 Å². The molecule has 160 valence electrons. The third kappa shape index (κ3) is 3.99. The van der Waals surface area contributed by atoms with Gasteiger partial charge in [-0.1, -0.05) is 24.3 Å². The molecule has 0 N–H and O–H groups in total. The summed E-state index contributed by atoms with van der Waals surface area (Å²) in [5, 5.41) is 4.79. The van der Waals surface area contributed by atoms with E-state index in [0.29, 0.717) is 12.3 Å². The van der Waals surface area contributed by atoms with Crippen LogP contribution in [-0.2, 0) is 11.3 Å². The van der Waals surface area contributed by atoms with Gasteiger partial charge in [0.1, 0.15) is 11.1 Å². The van der Waals surface area contributed by atoms with Crippen molar-refractivity contribution in [3.8, 4) is 22.7 Å². The summed E-state index contributed by atoms with van der Waals surface area (Å²) >= 11 is 1.63. The molecule has 0 unspecified atom stereocenters. The van der Waals surface area contributed by atoms with Crippen molar-refractivity contribution in [1.82, 2.24) is 19.7 Å². The van der Waals surface area contributed by atoms with Crippen LogP contribution in [0.2, 0.25) is 0 Å². The van der Waals surface area contributed by atoms with E-state index in [1.807, 2.05) is 88.6 Å². The van der Waals surface area contributed by atoms with Gasteiger partial charge in [0, 0.05) is 23.5 Å². The van der Waals surface area contributed by atoms with Gasteiger partial charge < -0.3 is 9.64 Å². The minimum atomic E-state index is -0.140. The predicted octanol–water partition coefficient (Wildman–Crippen LogP) is 4.72. The van der Waals surface area contributed by atoms with E-state index in [9.17, 15) is 4.79 Å². The Morgan fingerprint density at radius 1 is 1.03 bits per heavy atom. The van der Waals surface area contributed by atoms with Gasteiger partial charge in [-0.25, -0.2) is 4.68 Å². The molecule has 1 aliphatic heterocycles. The largest absolute Gasteiger partial charge is 0.497 e. The van der Waals surface area contributed by atoms with Crippen LogP contribution < -0.4 is 4.74 Å². The van der Waals surface area contributed by atoms with E-state index in [0.717, 1.165) is 34.0 Å². The fraction of sp³-hybridized carbons (Fsp3) is 0.160. The number of para-hydroxylation sites is 1. The minimum absolute atomic E-state index is 0.110. The summed E-state index contributed by atoms with van der Waals surface area (Å²) in [7, 11) is 1.65. The number of ether oxygens (including phenoxy) is 1. The van der Waals surface area contributed by atoms with Crippen LogP contribution in [0, 0.1) is 0 Å². The highest BCUT2D eigenvalue weighted by atomic mass is 32.2. The third-order valence-corrected chi connectivity index (χ3v) is 6.66. The number of hydrogen-bond donors (Lipinski definition) is 0. The number of pyridine rings is 1. The number of rotatable bonds is 6. The summed E-state index contributed by atoms with van der Waals surface area (Å²) in [6, 6.07) is 23.7. The third-order valence-electron chi connectivity index (χ3n) is 5.42. The molecule has 1 fully saturated rings. The summed E-state index contributed by atoms with van der Waals surface area (Å²) in [6.07, 6.45) is 3.80. The zero-order chi connectivity index (χ0) is 21.9. The average Bonchev–Trinajstić information content (AvgIpc) is 3.44. The predicted molar refractivity (Wildman–Crippen MR) is 126 cm³/mol. The van der Waals surface area contributed by atoms with Gasteiger partial charge in [-0.3, -0.25) is 9.78 Å². The first-order valence-corrected chi connectivity index (χ1v) is 11.4. The van der Waals surface area contributed by atoms with Crippen molar-refractivity contribution in [2.75, 3.05) is 12.9 Å². The number of hydrogen-bond acceptors (Lipinski definition) is 5. The van der Waals surface area contributed by atoms with Crippen molar-refractivity contribution in [2.24, 2.45) is 0 Å². The van der Waals surface area contributed by atoms with E-state index in [4.69, 9.17) is 9.84 Å². The van der Waals surface area contributed by atoms with Crippen molar-refractivity contribution < 1.29 is 9.53 Å². The first-order chi connectivity index (χ1) is 15.7. The maximum atomic E-state index is 12.8. The minimum Gasteiger partial charge on any atom is -0.497 e. The molecule has 1 aliphatic rings. The lowest BCUT2D eigenvalue weighted by Crippen LogP contribution is -2.28. The molecule has 0 spiro atoms. The van der Waals surface area contributed by atoms with E-state index in [2.05, 4.69) is 4.98 Å². The highest BCUT2D eigenvalue weighted by Crippen LogP contribution is 2.43. The normalized spacial score (nSPS) is 15.8. The number of carbonyl (C=O) groups is 1. The van der Waals surface area contributed by atoms with Gasteiger partial charge in [0.25, 0.3) is 0 Å². The molecule has 0 aliphatic carbocycles. The molecule has 5 rings (SSSR count). The molecule has 3 heterocycles. The molecule has 1 saturated heterocycles. The Kier molecular flexibility index (Phi) is 5.64. The standard InChI is InChI=1S/C25H22N4O2S/c1-31-21-12-10-18(11-13-21)24-22(16-29(27-24)20-8-3-2-4-9-20)25-28(23(30)17-32-25)15-19-7-5-6-14-26-19/h2-14,16,25H,15,17H2,1H3/t25-/m0/s1. The van der Waals surface area contributed by atoms with Crippen LogP contribution in [0.4, 0.5) is 0 Å². The van der Waals surface area contributed by atoms with Gasteiger partial charge in [0.05, 0.1) is 36.5 Å². The number of aromatic nitrogens is 3. The van der Waals surface area contributed by atoms with Gasteiger partial charge in [0.2, 0.25) is 5.91 Å². The number of nitrogens with zero attached hydrogens (tertiary/aromatic N) is 4. The fourth-order valence-corrected chi connectivity index (χ4v) is 4.99. The zero-order valence-corrected chi connectivity index (χ0v) is 18.4. The van der Waals surface area contributed by atoms with Crippen molar-refractivity contribution in [1.29, 1.82) is 0 Å². The van der Waals surface area contributed by atoms with Gasteiger partial charge >= 0.3 is 0 Å². The highest BCUT2D eigenvalue weighted by molar-refractivity contribution is 8.00. The topological polar surface area (TPSA) is 60.3 Å². The number of carbonyl (C=O) groups excluding carboxylic acids is 1. The van der Waals surface area contributed by atoms with Crippen LogP contribution in [0.15, 0.2) is 85.2 Å². The molecular weight excluding hydrogens is 420 g/mol. The van der Waals surface area contributed by atoms with Crippen LogP contribution in [0.5, 0.6) is 5.75 Å².